The molecule has 0 aliphatic heterocycles. The number of rotatable bonds is 6. The minimum absolute atomic E-state index is 0.504. The quantitative estimate of drug-likeness (QED) is 0.763. The molecule has 1 saturated carbocycles. The molecule has 2 unspecified atom stereocenters. The summed E-state index contributed by atoms with van der Waals surface area (Å²) in [6, 6.07) is 6.36. The normalized spacial score (nSPS) is 18.8. The molecule has 4 heteroatoms. The van der Waals surface area contributed by atoms with Crippen LogP contribution in [0.15, 0.2) is 24.4 Å². The Balaban J connectivity index is 1.67. The van der Waals surface area contributed by atoms with Gasteiger partial charge in [-0.3, -0.25) is 0 Å². The highest BCUT2D eigenvalue weighted by Crippen LogP contribution is 2.49. The lowest BCUT2D eigenvalue weighted by Crippen LogP contribution is -2.06. The maximum Gasteiger partial charge on any atom is 0.232 e. The van der Waals surface area contributed by atoms with E-state index in [0.29, 0.717) is 35.7 Å². The van der Waals surface area contributed by atoms with Gasteiger partial charge < -0.3 is 9.47 Å². The topological polar surface area (TPSA) is 44.2 Å². The van der Waals surface area contributed by atoms with E-state index in [-0.39, 0.29) is 0 Å². The molecule has 124 valence electrons. The van der Waals surface area contributed by atoms with Crippen molar-refractivity contribution in [2.45, 2.75) is 32.6 Å². The predicted molar refractivity (Wildman–Crippen MR) is 93.4 cm³/mol. The van der Waals surface area contributed by atoms with Gasteiger partial charge in [0.25, 0.3) is 0 Å². The largest absolute Gasteiger partial charge is 0.497 e. The minimum atomic E-state index is 0.504. The molecule has 0 bridgehead atoms. The first-order valence-electron chi connectivity index (χ1n) is 8.26. The summed E-state index contributed by atoms with van der Waals surface area (Å²) in [4.78, 5) is 8.41. The first-order valence-corrected chi connectivity index (χ1v) is 8.26. The second kappa shape index (κ2) is 6.92. The van der Waals surface area contributed by atoms with E-state index in [4.69, 9.17) is 15.9 Å². The van der Waals surface area contributed by atoms with Crippen molar-refractivity contribution in [2.75, 3.05) is 13.7 Å². The summed E-state index contributed by atoms with van der Waals surface area (Å²) in [7, 11) is 1.70. The lowest BCUT2D eigenvalue weighted by atomic mass is 10.00. The smallest absolute Gasteiger partial charge is 0.232 e. The Bertz CT molecular complexity index is 780. The summed E-state index contributed by atoms with van der Waals surface area (Å²) in [5, 5.41) is 0. The molecular formula is C20H22N2O2. The van der Waals surface area contributed by atoms with Crippen LogP contribution in [0, 0.1) is 25.2 Å². The Labute approximate surface area is 143 Å². The predicted octanol–water partition coefficient (Wildman–Crippen LogP) is 3.52. The van der Waals surface area contributed by atoms with Gasteiger partial charge in [0.15, 0.2) is 0 Å². The van der Waals surface area contributed by atoms with Gasteiger partial charge in [0.05, 0.1) is 19.9 Å². The van der Waals surface area contributed by atoms with E-state index < -0.39 is 0 Å². The molecule has 2 atom stereocenters. The van der Waals surface area contributed by atoms with E-state index in [9.17, 15) is 0 Å². The van der Waals surface area contributed by atoms with Gasteiger partial charge in [-0.25, -0.2) is 4.98 Å². The monoisotopic (exact) mass is 322 g/mol. The highest BCUT2D eigenvalue weighted by Gasteiger charge is 2.40. The van der Waals surface area contributed by atoms with Crippen LogP contribution in [0.4, 0.5) is 0 Å². The van der Waals surface area contributed by atoms with Crippen molar-refractivity contribution >= 4 is 0 Å². The van der Waals surface area contributed by atoms with Gasteiger partial charge in [-0.05, 0) is 48.9 Å². The van der Waals surface area contributed by atoms with E-state index in [1.807, 2.05) is 13.0 Å². The summed E-state index contributed by atoms with van der Waals surface area (Å²) in [5.41, 5.74) is 3.36. The highest BCUT2D eigenvalue weighted by molar-refractivity contribution is 5.41. The zero-order valence-electron chi connectivity index (χ0n) is 14.4. The second-order valence-corrected chi connectivity index (χ2v) is 6.11. The number of aromatic nitrogens is 2. The average Bonchev–Trinajstić information content (AvgIpc) is 3.38. The summed E-state index contributed by atoms with van der Waals surface area (Å²) in [6.45, 7) is 4.64. The molecule has 1 aliphatic rings. The molecular weight excluding hydrogens is 300 g/mol. The van der Waals surface area contributed by atoms with Gasteiger partial charge in [-0.1, -0.05) is 18.9 Å². The Hall–Kier alpha value is -2.54. The highest BCUT2D eigenvalue weighted by atomic mass is 16.5. The second-order valence-electron chi connectivity index (χ2n) is 6.11. The van der Waals surface area contributed by atoms with E-state index in [1.54, 1.807) is 13.3 Å². The molecule has 1 aromatic heterocycles. The van der Waals surface area contributed by atoms with E-state index in [2.05, 4.69) is 34.9 Å². The fourth-order valence-corrected chi connectivity index (χ4v) is 3.03. The molecule has 0 N–H and O–H groups in total. The number of aryl methyl sites for hydroxylation is 2. The average molecular weight is 322 g/mol. The first kappa shape index (κ1) is 16.3. The number of methoxy groups -OCH3 is 1. The summed E-state index contributed by atoms with van der Waals surface area (Å²) >= 11 is 0. The fraction of sp³-hybridized carbons (Fsp3) is 0.400. The number of hydrogen-bond donors (Lipinski definition) is 0. The third-order valence-corrected chi connectivity index (χ3v) is 4.52. The van der Waals surface area contributed by atoms with E-state index in [0.717, 1.165) is 18.6 Å². The molecule has 0 amide bonds. The van der Waals surface area contributed by atoms with Crippen molar-refractivity contribution in [3.8, 4) is 24.0 Å². The molecule has 4 nitrogen and oxygen atoms in total. The van der Waals surface area contributed by atoms with E-state index in [1.165, 1.54) is 11.1 Å². The van der Waals surface area contributed by atoms with E-state index >= 15 is 0 Å². The first-order chi connectivity index (χ1) is 11.7. The van der Waals surface area contributed by atoms with Crippen molar-refractivity contribution in [1.29, 1.82) is 0 Å². The van der Waals surface area contributed by atoms with Gasteiger partial charge in [0, 0.05) is 5.92 Å². The molecule has 2 aromatic rings. The van der Waals surface area contributed by atoms with Crippen LogP contribution in [-0.4, -0.2) is 23.7 Å². The van der Waals surface area contributed by atoms with Gasteiger partial charge >= 0.3 is 0 Å². The molecule has 1 aromatic carbocycles. The van der Waals surface area contributed by atoms with Crippen LogP contribution >= 0.6 is 0 Å². The molecule has 0 radical (unpaired) electrons. The van der Waals surface area contributed by atoms with Crippen molar-refractivity contribution < 1.29 is 9.47 Å². The van der Waals surface area contributed by atoms with Gasteiger partial charge in [-0.2, -0.15) is 4.98 Å². The van der Waals surface area contributed by atoms with Crippen molar-refractivity contribution in [2.24, 2.45) is 5.92 Å². The molecule has 0 saturated heterocycles. The standard InChI is InChI=1S/C20H22N2O2/c1-5-14-9-17(23-4)7-8-18(14)19-10-16(19)12-24-20-15(6-2)11-21-13(3)22-20/h2,7-9,11,16,19H,5,10,12H2,1,3-4H3. The Morgan fingerprint density at radius 3 is 2.92 bits per heavy atom. The van der Waals surface area contributed by atoms with Crippen LogP contribution in [0.2, 0.25) is 0 Å². The van der Waals surface area contributed by atoms with Crippen LogP contribution in [0.5, 0.6) is 11.6 Å². The number of terminal acetylenes is 1. The lowest BCUT2D eigenvalue weighted by molar-refractivity contribution is 0.283. The van der Waals surface area contributed by atoms with Gasteiger partial charge in [-0.15, -0.1) is 6.42 Å². The lowest BCUT2D eigenvalue weighted by Gasteiger charge is -2.11. The van der Waals surface area contributed by atoms with Crippen LogP contribution in [-0.2, 0) is 6.42 Å². The third kappa shape index (κ3) is 3.35. The van der Waals surface area contributed by atoms with Crippen molar-refractivity contribution in [3.05, 3.63) is 46.9 Å². The Morgan fingerprint density at radius 1 is 1.38 bits per heavy atom. The molecule has 3 rings (SSSR count). The van der Waals surface area contributed by atoms with Gasteiger partial charge in [0.2, 0.25) is 5.88 Å². The molecule has 0 spiro atoms. The molecule has 1 heterocycles. The maximum absolute atomic E-state index is 5.88. The van der Waals surface area contributed by atoms with Gasteiger partial charge in [0.1, 0.15) is 17.1 Å². The maximum atomic E-state index is 5.88. The number of nitrogens with zero attached hydrogens (tertiary/aromatic N) is 2. The third-order valence-electron chi connectivity index (χ3n) is 4.52. The molecule has 1 fully saturated rings. The van der Waals surface area contributed by atoms with Crippen LogP contribution in [0.25, 0.3) is 0 Å². The zero-order chi connectivity index (χ0) is 17.1. The SMILES string of the molecule is C#Cc1cnc(C)nc1OCC1CC1c1ccc(OC)cc1CC. The van der Waals surface area contributed by atoms with Crippen molar-refractivity contribution in [1.82, 2.24) is 9.97 Å². The fourth-order valence-electron chi connectivity index (χ4n) is 3.03. The Morgan fingerprint density at radius 2 is 2.21 bits per heavy atom. The minimum Gasteiger partial charge on any atom is -0.497 e. The number of ether oxygens (including phenoxy) is 2. The summed E-state index contributed by atoms with van der Waals surface area (Å²) in [5.74, 6) is 5.72. The Kier molecular flexibility index (Phi) is 4.71. The summed E-state index contributed by atoms with van der Waals surface area (Å²) < 4.78 is 11.2. The zero-order valence-corrected chi connectivity index (χ0v) is 14.4. The van der Waals surface area contributed by atoms with Crippen LogP contribution in [0.3, 0.4) is 0 Å². The molecule has 1 aliphatic carbocycles. The molecule has 24 heavy (non-hydrogen) atoms. The van der Waals surface area contributed by atoms with Crippen LogP contribution < -0.4 is 9.47 Å². The van der Waals surface area contributed by atoms with Crippen LogP contribution in [0.1, 0.15) is 41.8 Å². The summed E-state index contributed by atoms with van der Waals surface area (Å²) in [6.07, 6.45) is 9.26. The number of benzene rings is 1. The number of hydrogen-bond acceptors (Lipinski definition) is 4. The van der Waals surface area contributed by atoms with Crippen molar-refractivity contribution in [3.63, 3.8) is 0 Å².